The molecular weight excluding hydrogens is 272 g/mol. The second kappa shape index (κ2) is 6.68. The Balaban J connectivity index is 1.98. The molecule has 1 atom stereocenters. The summed E-state index contributed by atoms with van der Waals surface area (Å²) in [5.74, 6) is -0.571. The zero-order valence-electron chi connectivity index (χ0n) is 12.6. The first-order valence-electron chi connectivity index (χ1n) is 7.40. The zero-order valence-corrected chi connectivity index (χ0v) is 13.4. The van der Waals surface area contributed by atoms with Crippen molar-refractivity contribution < 1.29 is 9.90 Å². The molecule has 1 fully saturated rings. The summed E-state index contributed by atoms with van der Waals surface area (Å²) in [6.45, 7) is 4.88. The van der Waals surface area contributed by atoms with Crippen LogP contribution in [0.1, 0.15) is 65.3 Å². The van der Waals surface area contributed by atoms with E-state index in [0.717, 1.165) is 11.6 Å². The summed E-state index contributed by atoms with van der Waals surface area (Å²) in [6, 6.07) is 0.686. The van der Waals surface area contributed by atoms with Gasteiger partial charge in [0.15, 0.2) is 0 Å². The van der Waals surface area contributed by atoms with E-state index in [-0.39, 0.29) is 0 Å². The van der Waals surface area contributed by atoms with E-state index < -0.39 is 5.97 Å². The maximum atomic E-state index is 11.1. The molecule has 4 nitrogen and oxygen atoms in total. The summed E-state index contributed by atoms with van der Waals surface area (Å²) >= 11 is 1.33. The Kier molecular flexibility index (Phi) is 5.16. The predicted molar refractivity (Wildman–Crippen MR) is 81.7 cm³/mol. The van der Waals surface area contributed by atoms with E-state index in [0.29, 0.717) is 22.5 Å². The van der Waals surface area contributed by atoms with Crippen molar-refractivity contribution in [3.8, 4) is 0 Å². The molecule has 1 aromatic rings. The van der Waals surface area contributed by atoms with Gasteiger partial charge in [-0.2, -0.15) is 0 Å². The maximum Gasteiger partial charge on any atom is 0.347 e. The van der Waals surface area contributed by atoms with Gasteiger partial charge in [0.25, 0.3) is 0 Å². The molecule has 0 aromatic carbocycles. The largest absolute Gasteiger partial charge is 0.477 e. The molecule has 1 aliphatic carbocycles. The smallest absolute Gasteiger partial charge is 0.347 e. The van der Waals surface area contributed by atoms with Crippen molar-refractivity contribution in [1.29, 1.82) is 0 Å². The van der Waals surface area contributed by atoms with Gasteiger partial charge in [0.1, 0.15) is 4.88 Å². The molecule has 2 rings (SSSR count). The monoisotopic (exact) mass is 296 g/mol. The van der Waals surface area contributed by atoms with Gasteiger partial charge in [0, 0.05) is 18.5 Å². The highest BCUT2D eigenvalue weighted by Gasteiger charge is 2.23. The van der Waals surface area contributed by atoms with E-state index in [2.05, 4.69) is 23.9 Å². The Bertz CT molecular complexity index is 466. The molecular formula is C15H24N2O2S. The van der Waals surface area contributed by atoms with Crippen molar-refractivity contribution in [3.63, 3.8) is 0 Å². The van der Waals surface area contributed by atoms with Gasteiger partial charge < -0.3 is 10.0 Å². The third-order valence-electron chi connectivity index (χ3n) is 4.19. The summed E-state index contributed by atoms with van der Waals surface area (Å²) in [6.07, 6.45) is 6.63. The molecule has 5 heteroatoms. The molecule has 112 valence electrons. The Morgan fingerprint density at radius 2 is 2.10 bits per heavy atom. The van der Waals surface area contributed by atoms with E-state index >= 15 is 0 Å². The Morgan fingerprint density at radius 1 is 1.45 bits per heavy atom. The van der Waals surface area contributed by atoms with Crippen LogP contribution in [0, 0.1) is 6.92 Å². The highest BCUT2D eigenvalue weighted by Crippen LogP contribution is 2.28. The average Bonchev–Trinajstić information content (AvgIpc) is 2.82. The van der Waals surface area contributed by atoms with Crippen molar-refractivity contribution in [2.24, 2.45) is 0 Å². The lowest BCUT2D eigenvalue weighted by molar-refractivity contribution is 0.0701. The predicted octanol–water partition coefficient (Wildman–Crippen LogP) is 3.52. The lowest BCUT2D eigenvalue weighted by atomic mass is 9.94. The number of hydrogen-bond donors (Lipinski definition) is 1. The molecule has 1 aliphatic rings. The third kappa shape index (κ3) is 3.58. The minimum Gasteiger partial charge on any atom is -0.477 e. The number of likely N-dealkylation sites (N-methyl/N-ethyl adjacent to an activating group) is 1. The van der Waals surface area contributed by atoms with Crippen LogP contribution < -0.4 is 0 Å². The number of carbonyl (C=O) groups is 1. The number of carboxylic acids is 1. The van der Waals surface area contributed by atoms with Gasteiger partial charge in [-0.3, -0.25) is 0 Å². The standard InChI is InChI=1S/C15H24N2O2S/c1-10(9-17(3)12-7-5-4-6-8-12)14-16-11(2)13(20-14)15(18)19/h10,12H,4-9H2,1-3H3,(H,18,19). The third-order valence-corrected chi connectivity index (χ3v) is 5.57. The number of thiazole rings is 1. The van der Waals surface area contributed by atoms with E-state index in [4.69, 9.17) is 5.11 Å². The van der Waals surface area contributed by atoms with Crippen LogP contribution in [0.25, 0.3) is 0 Å². The molecule has 0 aliphatic heterocycles. The molecule has 0 spiro atoms. The highest BCUT2D eigenvalue weighted by molar-refractivity contribution is 7.13. The van der Waals surface area contributed by atoms with Crippen LogP contribution in [0.5, 0.6) is 0 Å². The van der Waals surface area contributed by atoms with Crippen LogP contribution in [0.2, 0.25) is 0 Å². The van der Waals surface area contributed by atoms with E-state index in [9.17, 15) is 4.79 Å². The van der Waals surface area contributed by atoms with Crippen LogP contribution in [0.3, 0.4) is 0 Å². The quantitative estimate of drug-likeness (QED) is 0.903. The topological polar surface area (TPSA) is 53.4 Å². The van der Waals surface area contributed by atoms with Crippen molar-refractivity contribution >= 4 is 17.3 Å². The second-order valence-corrected chi connectivity index (χ2v) is 6.93. The van der Waals surface area contributed by atoms with Crippen molar-refractivity contribution in [1.82, 2.24) is 9.88 Å². The molecule has 0 radical (unpaired) electrons. The lowest BCUT2D eigenvalue weighted by Crippen LogP contribution is -2.35. The fraction of sp³-hybridized carbons (Fsp3) is 0.733. The maximum absolute atomic E-state index is 11.1. The first-order valence-corrected chi connectivity index (χ1v) is 8.21. The fourth-order valence-electron chi connectivity index (χ4n) is 3.01. The summed E-state index contributed by atoms with van der Waals surface area (Å²) in [4.78, 5) is 18.3. The van der Waals surface area contributed by atoms with Crippen molar-refractivity contribution in [3.05, 3.63) is 15.6 Å². The van der Waals surface area contributed by atoms with Crippen LogP contribution in [0.15, 0.2) is 0 Å². The van der Waals surface area contributed by atoms with Gasteiger partial charge in [-0.05, 0) is 26.8 Å². The first-order chi connectivity index (χ1) is 9.49. The van der Waals surface area contributed by atoms with Crippen LogP contribution >= 0.6 is 11.3 Å². The van der Waals surface area contributed by atoms with Gasteiger partial charge in [-0.25, -0.2) is 9.78 Å². The summed E-state index contributed by atoms with van der Waals surface area (Å²) in [5, 5.41) is 10.1. The minimum absolute atomic E-state index is 0.290. The molecule has 0 amide bonds. The number of aromatic carboxylic acids is 1. The van der Waals surface area contributed by atoms with Crippen molar-refractivity contribution in [2.75, 3.05) is 13.6 Å². The second-order valence-electron chi connectivity index (χ2n) is 5.90. The number of nitrogens with zero attached hydrogens (tertiary/aromatic N) is 2. The molecule has 1 unspecified atom stereocenters. The van der Waals surface area contributed by atoms with Crippen LogP contribution in [-0.2, 0) is 0 Å². The number of carboxylic acid groups (broad SMARTS) is 1. The molecule has 1 N–H and O–H groups in total. The molecule has 1 saturated carbocycles. The summed E-state index contributed by atoms with van der Waals surface area (Å²) in [7, 11) is 2.19. The molecule has 0 bridgehead atoms. The molecule has 20 heavy (non-hydrogen) atoms. The average molecular weight is 296 g/mol. The SMILES string of the molecule is Cc1nc(C(C)CN(C)C2CCCCC2)sc1C(=O)O. The van der Waals surface area contributed by atoms with Gasteiger partial charge in [-0.15, -0.1) is 11.3 Å². The van der Waals surface area contributed by atoms with Crippen molar-refractivity contribution in [2.45, 2.75) is 57.9 Å². The number of rotatable bonds is 5. The van der Waals surface area contributed by atoms with Gasteiger partial charge in [0.05, 0.1) is 10.7 Å². The Morgan fingerprint density at radius 3 is 2.65 bits per heavy atom. The van der Waals surface area contributed by atoms with Crippen LogP contribution in [-0.4, -0.2) is 40.6 Å². The minimum atomic E-state index is -0.862. The van der Waals surface area contributed by atoms with E-state index in [1.54, 1.807) is 6.92 Å². The van der Waals surface area contributed by atoms with E-state index in [1.165, 1.54) is 43.4 Å². The fourth-order valence-corrected chi connectivity index (χ4v) is 3.96. The lowest BCUT2D eigenvalue weighted by Gasteiger charge is -2.32. The molecule has 1 aromatic heterocycles. The summed E-state index contributed by atoms with van der Waals surface area (Å²) in [5.41, 5.74) is 0.643. The number of hydrogen-bond acceptors (Lipinski definition) is 4. The summed E-state index contributed by atoms with van der Waals surface area (Å²) < 4.78 is 0. The molecule has 0 saturated heterocycles. The molecule has 1 heterocycles. The van der Waals surface area contributed by atoms with Gasteiger partial charge in [-0.1, -0.05) is 26.2 Å². The Labute approximate surface area is 124 Å². The van der Waals surface area contributed by atoms with Crippen LogP contribution in [0.4, 0.5) is 0 Å². The zero-order chi connectivity index (χ0) is 14.7. The van der Waals surface area contributed by atoms with E-state index in [1.807, 2.05) is 0 Å². The highest BCUT2D eigenvalue weighted by atomic mass is 32.1. The normalized spacial score (nSPS) is 18.4. The number of aromatic nitrogens is 1. The van der Waals surface area contributed by atoms with Gasteiger partial charge in [0.2, 0.25) is 0 Å². The van der Waals surface area contributed by atoms with Gasteiger partial charge >= 0.3 is 5.97 Å². The Hall–Kier alpha value is -0.940. The number of aryl methyl sites for hydroxylation is 1. The first kappa shape index (κ1) is 15.4.